The summed E-state index contributed by atoms with van der Waals surface area (Å²) in [5.41, 5.74) is 5.38. The summed E-state index contributed by atoms with van der Waals surface area (Å²) >= 11 is 0. The number of aromatic carboxylic acids is 1. The molecule has 1 saturated heterocycles. The number of rotatable bonds is 3. The van der Waals surface area contributed by atoms with E-state index < -0.39 is 16.0 Å². The summed E-state index contributed by atoms with van der Waals surface area (Å²) in [6.07, 6.45) is 0.754. The van der Waals surface area contributed by atoms with Crippen LogP contribution in [0.5, 0.6) is 0 Å². The van der Waals surface area contributed by atoms with Gasteiger partial charge in [0.15, 0.2) is 0 Å². The molecule has 0 spiro atoms. The van der Waals surface area contributed by atoms with Crippen molar-refractivity contribution in [1.29, 1.82) is 0 Å². The predicted octanol–water partition coefficient (Wildman–Crippen LogP) is 1.39. The van der Waals surface area contributed by atoms with Crippen LogP contribution in [0.25, 0.3) is 0 Å². The molecule has 1 heterocycles. The zero-order valence-corrected chi connectivity index (χ0v) is 12.3. The zero-order chi connectivity index (χ0) is 15.1. The van der Waals surface area contributed by atoms with Crippen LogP contribution in [0, 0.1) is 5.41 Å². The number of nitrogens with two attached hydrogens (primary N) is 1. The van der Waals surface area contributed by atoms with Crippen molar-refractivity contribution in [2.75, 3.05) is 18.8 Å². The van der Waals surface area contributed by atoms with Crippen LogP contribution in [0.15, 0.2) is 23.1 Å². The molecule has 6 nitrogen and oxygen atoms in total. The lowest BCUT2D eigenvalue weighted by Crippen LogP contribution is -2.31. The van der Waals surface area contributed by atoms with Gasteiger partial charge in [0.25, 0.3) is 0 Å². The second kappa shape index (κ2) is 4.75. The van der Waals surface area contributed by atoms with E-state index in [-0.39, 0.29) is 21.6 Å². The standard InChI is InChI=1S/C13H18N2O4S/c1-13(2)5-6-15(8-13)20(18,19)11-4-3-9(14)7-10(11)12(16)17/h3-4,7H,5-6,8,14H2,1-2H3,(H,16,17). The molecule has 0 atom stereocenters. The van der Waals surface area contributed by atoms with Crippen molar-refractivity contribution in [3.05, 3.63) is 23.8 Å². The summed E-state index contributed by atoms with van der Waals surface area (Å²) in [6.45, 7) is 4.77. The van der Waals surface area contributed by atoms with E-state index in [0.717, 1.165) is 6.42 Å². The molecule has 0 saturated carbocycles. The molecule has 1 aromatic carbocycles. The first-order valence-electron chi connectivity index (χ1n) is 6.26. The predicted molar refractivity (Wildman–Crippen MR) is 75.0 cm³/mol. The molecule has 3 N–H and O–H groups in total. The Morgan fingerprint density at radius 2 is 2.05 bits per heavy atom. The van der Waals surface area contributed by atoms with Gasteiger partial charge in [0.2, 0.25) is 10.0 Å². The van der Waals surface area contributed by atoms with Crippen LogP contribution < -0.4 is 5.73 Å². The molecule has 1 aromatic rings. The van der Waals surface area contributed by atoms with Gasteiger partial charge >= 0.3 is 5.97 Å². The van der Waals surface area contributed by atoms with Gasteiger partial charge in [-0.2, -0.15) is 4.31 Å². The second-order valence-electron chi connectivity index (χ2n) is 5.81. The first-order valence-corrected chi connectivity index (χ1v) is 7.70. The van der Waals surface area contributed by atoms with Gasteiger partial charge in [0.05, 0.1) is 10.5 Å². The Bertz CT molecular complexity index is 652. The van der Waals surface area contributed by atoms with Crippen LogP contribution >= 0.6 is 0 Å². The van der Waals surface area contributed by atoms with Crippen molar-refractivity contribution >= 4 is 21.7 Å². The van der Waals surface area contributed by atoms with Crippen LogP contribution in [0.3, 0.4) is 0 Å². The van der Waals surface area contributed by atoms with Gasteiger partial charge in [-0.1, -0.05) is 13.8 Å². The summed E-state index contributed by atoms with van der Waals surface area (Å²) in [6, 6.07) is 3.84. The van der Waals surface area contributed by atoms with Crippen LogP contribution in [0.1, 0.15) is 30.6 Å². The van der Waals surface area contributed by atoms with E-state index in [2.05, 4.69) is 0 Å². The smallest absolute Gasteiger partial charge is 0.337 e. The molecule has 7 heteroatoms. The average Bonchev–Trinajstić information content (AvgIpc) is 2.70. The molecule has 0 bridgehead atoms. The molecule has 0 amide bonds. The van der Waals surface area contributed by atoms with Gasteiger partial charge < -0.3 is 10.8 Å². The SMILES string of the molecule is CC1(C)CCN(S(=O)(=O)c2ccc(N)cc2C(=O)O)C1. The van der Waals surface area contributed by atoms with Gasteiger partial charge in [-0.15, -0.1) is 0 Å². The Hall–Kier alpha value is -1.60. The Balaban J connectivity index is 2.48. The summed E-state index contributed by atoms with van der Waals surface area (Å²) in [4.78, 5) is 11.0. The molecule has 0 aliphatic carbocycles. The fourth-order valence-electron chi connectivity index (χ4n) is 2.35. The molecular formula is C13H18N2O4S. The molecule has 2 rings (SSSR count). The largest absolute Gasteiger partial charge is 0.478 e. The molecule has 0 aromatic heterocycles. The summed E-state index contributed by atoms with van der Waals surface area (Å²) in [7, 11) is -3.81. The minimum Gasteiger partial charge on any atom is -0.478 e. The van der Waals surface area contributed by atoms with Gasteiger partial charge in [-0.05, 0) is 30.0 Å². The lowest BCUT2D eigenvalue weighted by Gasteiger charge is -2.20. The van der Waals surface area contributed by atoms with Gasteiger partial charge in [0, 0.05) is 18.8 Å². The third-order valence-corrected chi connectivity index (χ3v) is 5.40. The molecule has 0 unspecified atom stereocenters. The average molecular weight is 298 g/mol. The van der Waals surface area contributed by atoms with E-state index in [0.29, 0.717) is 13.1 Å². The fraction of sp³-hybridized carbons (Fsp3) is 0.462. The number of nitrogen functional groups attached to an aromatic ring is 1. The Morgan fingerprint density at radius 3 is 2.55 bits per heavy atom. The van der Waals surface area contributed by atoms with Crippen molar-refractivity contribution in [3.8, 4) is 0 Å². The third kappa shape index (κ3) is 2.64. The molecule has 1 fully saturated rings. The Morgan fingerprint density at radius 1 is 1.40 bits per heavy atom. The number of benzene rings is 1. The third-order valence-electron chi connectivity index (χ3n) is 3.49. The van der Waals surface area contributed by atoms with Crippen molar-refractivity contribution in [1.82, 2.24) is 4.31 Å². The summed E-state index contributed by atoms with van der Waals surface area (Å²) < 4.78 is 26.5. The topological polar surface area (TPSA) is 101 Å². The lowest BCUT2D eigenvalue weighted by atomic mass is 9.93. The number of carboxylic acids is 1. The van der Waals surface area contributed by atoms with E-state index >= 15 is 0 Å². The van der Waals surface area contributed by atoms with Crippen LogP contribution in [-0.2, 0) is 10.0 Å². The summed E-state index contributed by atoms with van der Waals surface area (Å²) in [5.74, 6) is -1.30. The van der Waals surface area contributed by atoms with Crippen molar-refractivity contribution in [3.63, 3.8) is 0 Å². The maximum Gasteiger partial charge on any atom is 0.337 e. The first kappa shape index (κ1) is 14.8. The highest BCUT2D eigenvalue weighted by Crippen LogP contribution is 2.33. The molecule has 110 valence electrons. The van der Waals surface area contributed by atoms with Crippen LogP contribution in [0.2, 0.25) is 0 Å². The lowest BCUT2D eigenvalue weighted by molar-refractivity contribution is 0.0692. The van der Waals surface area contributed by atoms with Crippen molar-refractivity contribution in [2.45, 2.75) is 25.2 Å². The Kier molecular flexibility index (Phi) is 3.51. The fourth-order valence-corrected chi connectivity index (χ4v) is 4.14. The maximum atomic E-state index is 12.6. The number of sulfonamides is 1. The minimum absolute atomic E-state index is 0.0930. The number of carbonyl (C=O) groups is 1. The van der Waals surface area contributed by atoms with Gasteiger partial charge in [-0.3, -0.25) is 0 Å². The minimum atomic E-state index is -3.81. The van der Waals surface area contributed by atoms with E-state index in [1.165, 1.54) is 22.5 Å². The molecule has 1 aliphatic rings. The monoisotopic (exact) mass is 298 g/mol. The molecule has 0 radical (unpaired) electrons. The second-order valence-corrected chi connectivity index (χ2v) is 7.72. The number of anilines is 1. The normalized spacial score (nSPS) is 19.1. The van der Waals surface area contributed by atoms with E-state index in [4.69, 9.17) is 10.8 Å². The Labute approximate surface area is 118 Å². The maximum absolute atomic E-state index is 12.6. The summed E-state index contributed by atoms with van der Waals surface area (Å²) in [5, 5.41) is 9.16. The first-order chi connectivity index (χ1) is 9.13. The van der Waals surface area contributed by atoms with Crippen molar-refractivity contribution < 1.29 is 18.3 Å². The van der Waals surface area contributed by atoms with E-state index in [9.17, 15) is 13.2 Å². The molecule has 20 heavy (non-hydrogen) atoms. The van der Waals surface area contributed by atoms with Gasteiger partial charge in [-0.25, -0.2) is 13.2 Å². The highest BCUT2D eigenvalue weighted by molar-refractivity contribution is 7.89. The van der Waals surface area contributed by atoms with Crippen LogP contribution in [-0.4, -0.2) is 36.9 Å². The van der Waals surface area contributed by atoms with Crippen molar-refractivity contribution in [2.24, 2.45) is 5.41 Å². The molecule has 1 aliphatic heterocycles. The van der Waals surface area contributed by atoms with Crippen LogP contribution in [0.4, 0.5) is 5.69 Å². The van der Waals surface area contributed by atoms with E-state index in [1.807, 2.05) is 13.8 Å². The highest BCUT2D eigenvalue weighted by Gasteiger charge is 2.38. The zero-order valence-electron chi connectivity index (χ0n) is 11.5. The van der Waals surface area contributed by atoms with Gasteiger partial charge in [0.1, 0.15) is 0 Å². The highest BCUT2D eigenvalue weighted by atomic mass is 32.2. The number of carboxylic acid groups (broad SMARTS) is 1. The number of nitrogens with zero attached hydrogens (tertiary/aromatic N) is 1. The quantitative estimate of drug-likeness (QED) is 0.821. The number of hydrogen-bond donors (Lipinski definition) is 2. The number of hydrogen-bond acceptors (Lipinski definition) is 4. The molecular weight excluding hydrogens is 280 g/mol. The van der Waals surface area contributed by atoms with E-state index in [1.54, 1.807) is 0 Å².